The van der Waals surface area contributed by atoms with E-state index < -0.39 is 6.04 Å². The Kier molecular flexibility index (Phi) is 4.59. The minimum absolute atomic E-state index is 0.200. The maximum Gasteiger partial charge on any atom is 0.263 e. The molecular weight excluding hydrogens is 338 g/mol. The van der Waals surface area contributed by atoms with Gasteiger partial charge < -0.3 is 10.1 Å². The topological polar surface area (TPSA) is 73.2 Å². The van der Waals surface area contributed by atoms with Crippen molar-refractivity contribution >= 4 is 33.1 Å². The number of amides is 1. The molecule has 1 N–H and O–H groups in total. The van der Waals surface area contributed by atoms with Gasteiger partial charge in [-0.15, -0.1) is 11.3 Å². The van der Waals surface area contributed by atoms with E-state index in [2.05, 4.69) is 10.3 Å². The molecule has 2 heterocycles. The lowest BCUT2D eigenvalue weighted by Crippen LogP contribution is -2.31. The van der Waals surface area contributed by atoms with Gasteiger partial charge in [-0.3, -0.25) is 14.2 Å². The highest BCUT2D eigenvalue weighted by atomic mass is 32.1. The molecule has 0 aliphatic carbocycles. The van der Waals surface area contributed by atoms with Crippen LogP contribution in [0.1, 0.15) is 23.4 Å². The molecule has 0 unspecified atom stereocenters. The largest absolute Gasteiger partial charge is 0.495 e. The number of fused-ring (bicyclic) bond motifs is 1. The molecule has 0 fully saturated rings. The summed E-state index contributed by atoms with van der Waals surface area (Å²) in [6.45, 7) is 5.54. The van der Waals surface area contributed by atoms with Gasteiger partial charge >= 0.3 is 0 Å². The van der Waals surface area contributed by atoms with Crippen molar-refractivity contribution in [3.8, 4) is 5.75 Å². The van der Waals surface area contributed by atoms with Crippen LogP contribution in [0.15, 0.2) is 35.4 Å². The van der Waals surface area contributed by atoms with E-state index in [-0.39, 0.29) is 11.5 Å². The van der Waals surface area contributed by atoms with E-state index in [1.54, 1.807) is 32.2 Å². The van der Waals surface area contributed by atoms with Gasteiger partial charge in [0, 0.05) is 4.88 Å². The highest BCUT2D eigenvalue weighted by Crippen LogP contribution is 2.27. The highest BCUT2D eigenvalue weighted by Gasteiger charge is 2.20. The molecule has 3 aromatic rings. The fourth-order valence-corrected chi connectivity index (χ4v) is 3.62. The molecule has 0 saturated heterocycles. The number of aromatic nitrogens is 2. The fraction of sp³-hybridized carbons (Fsp3) is 0.278. The Morgan fingerprint density at radius 1 is 1.32 bits per heavy atom. The monoisotopic (exact) mass is 357 g/mol. The molecule has 1 atom stereocenters. The minimum Gasteiger partial charge on any atom is -0.495 e. The second kappa shape index (κ2) is 6.68. The van der Waals surface area contributed by atoms with Gasteiger partial charge in [-0.25, -0.2) is 4.98 Å². The van der Waals surface area contributed by atoms with Crippen LogP contribution in [0, 0.1) is 13.8 Å². The summed E-state index contributed by atoms with van der Waals surface area (Å²) in [5.74, 6) is 0.255. The van der Waals surface area contributed by atoms with Gasteiger partial charge in [-0.2, -0.15) is 0 Å². The number of nitrogens with zero attached hydrogens (tertiary/aromatic N) is 2. The van der Waals surface area contributed by atoms with Crippen LogP contribution in [0.4, 0.5) is 5.69 Å². The third-order valence-electron chi connectivity index (χ3n) is 4.28. The quantitative estimate of drug-likeness (QED) is 0.778. The van der Waals surface area contributed by atoms with Crippen molar-refractivity contribution in [1.29, 1.82) is 0 Å². The van der Waals surface area contributed by atoms with Crippen LogP contribution in [-0.2, 0) is 4.79 Å². The van der Waals surface area contributed by atoms with Crippen LogP contribution < -0.4 is 15.6 Å². The average Bonchev–Trinajstić information content (AvgIpc) is 2.90. The summed E-state index contributed by atoms with van der Waals surface area (Å²) in [7, 11) is 1.54. The van der Waals surface area contributed by atoms with Crippen molar-refractivity contribution in [2.24, 2.45) is 0 Å². The first-order chi connectivity index (χ1) is 11.9. The second-order valence-corrected chi connectivity index (χ2v) is 6.99. The molecule has 25 heavy (non-hydrogen) atoms. The lowest BCUT2D eigenvalue weighted by Gasteiger charge is -2.16. The second-order valence-electron chi connectivity index (χ2n) is 5.79. The molecule has 6 nitrogen and oxygen atoms in total. The molecule has 2 aromatic heterocycles. The summed E-state index contributed by atoms with van der Waals surface area (Å²) in [6.07, 6.45) is 1.44. The highest BCUT2D eigenvalue weighted by molar-refractivity contribution is 7.18. The van der Waals surface area contributed by atoms with Crippen molar-refractivity contribution in [2.75, 3.05) is 12.4 Å². The number of anilines is 1. The maximum absolute atomic E-state index is 12.8. The van der Waals surface area contributed by atoms with Crippen LogP contribution in [0.2, 0.25) is 0 Å². The van der Waals surface area contributed by atoms with Gasteiger partial charge in [0.05, 0.1) is 24.5 Å². The van der Waals surface area contributed by atoms with E-state index >= 15 is 0 Å². The summed E-state index contributed by atoms with van der Waals surface area (Å²) in [5, 5.41) is 3.39. The first-order valence-corrected chi connectivity index (χ1v) is 8.66. The van der Waals surface area contributed by atoms with E-state index in [0.717, 1.165) is 10.4 Å². The van der Waals surface area contributed by atoms with E-state index in [0.29, 0.717) is 21.7 Å². The first kappa shape index (κ1) is 17.2. The van der Waals surface area contributed by atoms with Gasteiger partial charge in [-0.1, -0.05) is 12.1 Å². The molecule has 7 heteroatoms. The van der Waals surface area contributed by atoms with Crippen molar-refractivity contribution < 1.29 is 9.53 Å². The molecule has 0 bridgehead atoms. The van der Waals surface area contributed by atoms with Gasteiger partial charge in [0.2, 0.25) is 5.91 Å². The third-order valence-corrected chi connectivity index (χ3v) is 5.39. The van der Waals surface area contributed by atoms with Gasteiger partial charge in [0.15, 0.2) is 0 Å². The Balaban J connectivity index is 1.95. The smallest absolute Gasteiger partial charge is 0.263 e. The Labute approximate surface area is 149 Å². The summed E-state index contributed by atoms with van der Waals surface area (Å²) in [5.41, 5.74) is 1.28. The van der Waals surface area contributed by atoms with Crippen LogP contribution >= 0.6 is 11.3 Å². The SMILES string of the molecule is COc1ccccc1NC(=O)[C@@H](C)n1cnc2sc(C)c(C)c2c1=O. The number of thiophene rings is 1. The molecule has 0 saturated carbocycles. The van der Waals surface area contributed by atoms with E-state index in [1.165, 1.54) is 22.2 Å². The molecule has 0 radical (unpaired) electrons. The molecule has 1 aromatic carbocycles. The first-order valence-electron chi connectivity index (χ1n) is 7.84. The predicted octanol–water partition coefficient (Wildman–Crippen LogP) is 3.28. The number of hydrogen-bond acceptors (Lipinski definition) is 5. The Hall–Kier alpha value is -2.67. The summed E-state index contributed by atoms with van der Waals surface area (Å²) in [4.78, 5) is 31.5. The molecule has 3 rings (SSSR count). The van der Waals surface area contributed by atoms with Crippen LogP contribution in [0.5, 0.6) is 5.75 Å². The molecular formula is C18H19N3O3S. The number of benzene rings is 1. The molecule has 0 spiro atoms. The Morgan fingerprint density at radius 2 is 2.04 bits per heavy atom. The summed E-state index contributed by atoms with van der Waals surface area (Å²) >= 11 is 1.49. The number of rotatable bonds is 4. The Morgan fingerprint density at radius 3 is 2.76 bits per heavy atom. The minimum atomic E-state index is -0.700. The zero-order valence-electron chi connectivity index (χ0n) is 14.5. The number of carbonyl (C=O) groups excluding carboxylic acids is 1. The van der Waals surface area contributed by atoms with Gasteiger partial charge in [0.25, 0.3) is 5.56 Å². The number of aryl methyl sites for hydroxylation is 2. The molecule has 0 aliphatic rings. The zero-order chi connectivity index (χ0) is 18.1. The number of ether oxygens (including phenoxy) is 1. The summed E-state index contributed by atoms with van der Waals surface area (Å²) < 4.78 is 6.60. The standard InChI is InChI=1S/C18H19N3O3S/c1-10-12(3)25-17-15(10)18(23)21(9-19-17)11(2)16(22)20-13-7-5-6-8-14(13)24-4/h5-9,11H,1-4H3,(H,20,22)/t11-/m1/s1. The average molecular weight is 357 g/mol. The summed E-state index contributed by atoms with van der Waals surface area (Å²) in [6, 6.07) is 6.44. The van der Waals surface area contributed by atoms with Crippen LogP contribution in [0.3, 0.4) is 0 Å². The van der Waals surface area contributed by atoms with Crippen molar-refractivity contribution in [2.45, 2.75) is 26.8 Å². The zero-order valence-corrected chi connectivity index (χ0v) is 15.3. The van der Waals surface area contributed by atoms with Gasteiger partial charge in [-0.05, 0) is 38.5 Å². The number of para-hydroxylation sites is 2. The number of methoxy groups -OCH3 is 1. The van der Waals surface area contributed by atoms with Crippen LogP contribution in [0.25, 0.3) is 10.2 Å². The van der Waals surface area contributed by atoms with E-state index in [4.69, 9.17) is 4.74 Å². The van der Waals surface area contributed by atoms with Crippen molar-refractivity contribution in [3.63, 3.8) is 0 Å². The molecule has 1 amide bonds. The number of nitrogens with one attached hydrogen (secondary N) is 1. The van der Waals surface area contributed by atoms with E-state index in [9.17, 15) is 9.59 Å². The lowest BCUT2D eigenvalue weighted by molar-refractivity contribution is -0.118. The normalized spacial score (nSPS) is 12.2. The third kappa shape index (κ3) is 3.02. The predicted molar refractivity (Wildman–Crippen MR) is 99.7 cm³/mol. The van der Waals surface area contributed by atoms with Crippen molar-refractivity contribution in [1.82, 2.24) is 9.55 Å². The van der Waals surface area contributed by atoms with Crippen molar-refractivity contribution in [3.05, 3.63) is 51.4 Å². The number of hydrogen-bond donors (Lipinski definition) is 1. The lowest BCUT2D eigenvalue weighted by atomic mass is 10.2. The van der Waals surface area contributed by atoms with Crippen LogP contribution in [-0.4, -0.2) is 22.6 Å². The maximum atomic E-state index is 12.8. The van der Waals surface area contributed by atoms with Gasteiger partial charge in [0.1, 0.15) is 16.6 Å². The Bertz CT molecular complexity index is 1010. The molecule has 130 valence electrons. The molecule has 0 aliphatic heterocycles. The van der Waals surface area contributed by atoms with E-state index in [1.807, 2.05) is 19.9 Å². The number of carbonyl (C=O) groups is 1. The fourth-order valence-electron chi connectivity index (χ4n) is 2.64.